The van der Waals surface area contributed by atoms with Gasteiger partial charge in [0, 0.05) is 32.7 Å². The normalized spacial score (nSPS) is 19.1. The third-order valence-electron chi connectivity index (χ3n) is 7.73. The fourth-order valence-corrected chi connectivity index (χ4v) is 5.53. The zero-order valence-corrected chi connectivity index (χ0v) is 22.2. The van der Waals surface area contributed by atoms with Gasteiger partial charge in [0.05, 0.1) is 40.6 Å². The molecule has 2 aliphatic rings. The van der Waals surface area contributed by atoms with Crippen LogP contribution in [0.1, 0.15) is 24.0 Å². The lowest BCUT2D eigenvalue weighted by Gasteiger charge is -2.35. The first-order valence-electron chi connectivity index (χ1n) is 13.6. The molecular weight excluding hydrogens is 452 g/mol. The van der Waals surface area contributed by atoms with Crippen molar-refractivity contribution in [2.75, 3.05) is 79.9 Å². The Hall–Kier alpha value is -2.12. The van der Waals surface area contributed by atoms with Gasteiger partial charge in [-0.15, -0.1) is 0 Å². The Labute approximate surface area is 217 Å². The van der Waals surface area contributed by atoms with E-state index in [9.17, 15) is 0 Å². The molecular formula is C30H44N2O4. The van der Waals surface area contributed by atoms with Gasteiger partial charge in [-0.25, -0.2) is 0 Å². The van der Waals surface area contributed by atoms with Crippen molar-refractivity contribution < 1.29 is 18.9 Å². The van der Waals surface area contributed by atoms with E-state index in [4.69, 9.17) is 18.9 Å². The van der Waals surface area contributed by atoms with E-state index in [0.717, 1.165) is 90.0 Å². The summed E-state index contributed by atoms with van der Waals surface area (Å²) in [6.45, 7) is 9.88. The predicted molar refractivity (Wildman–Crippen MR) is 144 cm³/mol. The van der Waals surface area contributed by atoms with Crippen LogP contribution in [0.15, 0.2) is 48.5 Å². The lowest BCUT2D eigenvalue weighted by Crippen LogP contribution is -2.42. The van der Waals surface area contributed by atoms with E-state index in [2.05, 4.69) is 58.3 Å². The Bertz CT molecular complexity index is 862. The van der Waals surface area contributed by atoms with Crippen LogP contribution in [0.3, 0.4) is 0 Å². The molecule has 36 heavy (non-hydrogen) atoms. The van der Waals surface area contributed by atoms with Crippen LogP contribution < -0.4 is 9.47 Å². The fourth-order valence-electron chi connectivity index (χ4n) is 5.53. The number of hydrogen-bond acceptors (Lipinski definition) is 6. The van der Waals surface area contributed by atoms with E-state index >= 15 is 0 Å². The number of hydrogen-bond donors (Lipinski definition) is 0. The van der Waals surface area contributed by atoms with Crippen molar-refractivity contribution in [3.05, 3.63) is 59.7 Å². The van der Waals surface area contributed by atoms with Crippen molar-refractivity contribution in [2.45, 2.75) is 25.7 Å². The second kappa shape index (κ2) is 14.6. The summed E-state index contributed by atoms with van der Waals surface area (Å²) < 4.78 is 22.0. The zero-order chi connectivity index (χ0) is 25.0. The van der Waals surface area contributed by atoms with E-state index in [-0.39, 0.29) is 0 Å². The van der Waals surface area contributed by atoms with Gasteiger partial charge in [0.25, 0.3) is 0 Å². The van der Waals surface area contributed by atoms with Crippen molar-refractivity contribution in [3.8, 4) is 11.5 Å². The molecule has 198 valence electrons. The Morgan fingerprint density at radius 1 is 0.667 bits per heavy atom. The standard InChI is InChI=1S/C30H44N2O4/c1-33-29-9-5-25(6-10-29)22-27(4-3-13-31-14-18-35-19-15-31)28(24-32-16-20-36-21-17-32)23-26-7-11-30(34-2)12-8-26/h5-12,27-28H,3-4,13-24H2,1-2H3/t27-,28+/m1/s1. The molecule has 2 heterocycles. The van der Waals surface area contributed by atoms with E-state index in [1.807, 2.05) is 0 Å². The maximum absolute atomic E-state index is 5.65. The third kappa shape index (κ3) is 8.48. The zero-order valence-electron chi connectivity index (χ0n) is 22.2. The molecule has 0 bridgehead atoms. The molecule has 6 nitrogen and oxygen atoms in total. The minimum atomic E-state index is 0.572. The van der Waals surface area contributed by atoms with Crippen LogP contribution in [0, 0.1) is 11.8 Å². The second-order valence-electron chi connectivity index (χ2n) is 10.1. The van der Waals surface area contributed by atoms with Gasteiger partial charge in [-0.1, -0.05) is 24.3 Å². The van der Waals surface area contributed by atoms with Gasteiger partial charge < -0.3 is 18.9 Å². The number of rotatable bonds is 13. The maximum atomic E-state index is 5.65. The summed E-state index contributed by atoms with van der Waals surface area (Å²) in [5.74, 6) is 3.02. The molecule has 0 N–H and O–H groups in total. The first-order valence-corrected chi connectivity index (χ1v) is 13.6. The van der Waals surface area contributed by atoms with E-state index in [1.165, 1.54) is 24.0 Å². The Morgan fingerprint density at radius 2 is 1.14 bits per heavy atom. The van der Waals surface area contributed by atoms with Gasteiger partial charge in [-0.2, -0.15) is 0 Å². The van der Waals surface area contributed by atoms with Gasteiger partial charge in [0.1, 0.15) is 11.5 Å². The maximum Gasteiger partial charge on any atom is 0.118 e. The summed E-state index contributed by atoms with van der Waals surface area (Å²) in [6, 6.07) is 17.4. The average Bonchev–Trinajstić information content (AvgIpc) is 2.94. The molecule has 2 aliphatic heterocycles. The molecule has 0 aliphatic carbocycles. The van der Waals surface area contributed by atoms with Gasteiger partial charge in [0.15, 0.2) is 0 Å². The summed E-state index contributed by atoms with van der Waals surface area (Å²) in [7, 11) is 3.46. The van der Waals surface area contributed by atoms with Crippen LogP contribution in [0.4, 0.5) is 0 Å². The van der Waals surface area contributed by atoms with Crippen molar-refractivity contribution in [1.82, 2.24) is 9.80 Å². The van der Waals surface area contributed by atoms with Crippen LogP contribution in [-0.4, -0.2) is 89.7 Å². The lowest BCUT2D eigenvalue weighted by atomic mass is 9.79. The van der Waals surface area contributed by atoms with E-state index in [1.54, 1.807) is 14.2 Å². The van der Waals surface area contributed by atoms with Crippen LogP contribution in [-0.2, 0) is 22.3 Å². The van der Waals surface area contributed by atoms with Gasteiger partial charge in [-0.3, -0.25) is 9.80 Å². The highest BCUT2D eigenvalue weighted by molar-refractivity contribution is 5.29. The Kier molecular flexibility index (Phi) is 10.9. The summed E-state index contributed by atoms with van der Waals surface area (Å²) in [4.78, 5) is 5.18. The number of benzene rings is 2. The van der Waals surface area contributed by atoms with Crippen LogP contribution in [0.25, 0.3) is 0 Å². The molecule has 6 heteroatoms. The first kappa shape index (κ1) is 26.9. The van der Waals surface area contributed by atoms with Gasteiger partial charge in [-0.05, 0) is 79.5 Å². The highest BCUT2D eigenvalue weighted by Crippen LogP contribution is 2.29. The number of methoxy groups -OCH3 is 2. The van der Waals surface area contributed by atoms with Crippen LogP contribution >= 0.6 is 0 Å². The quantitative estimate of drug-likeness (QED) is 0.415. The number of morpholine rings is 2. The minimum Gasteiger partial charge on any atom is -0.497 e. The molecule has 2 aromatic rings. The van der Waals surface area contributed by atoms with Crippen molar-refractivity contribution >= 4 is 0 Å². The predicted octanol–water partition coefficient (Wildman–Crippen LogP) is 4.17. The highest BCUT2D eigenvalue weighted by Gasteiger charge is 2.26. The average molecular weight is 497 g/mol. The van der Waals surface area contributed by atoms with Crippen molar-refractivity contribution in [3.63, 3.8) is 0 Å². The molecule has 2 saturated heterocycles. The van der Waals surface area contributed by atoms with Gasteiger partial charge >= 0.3 is 0 Å². The van der Waals surface area contributed by atoms with E-state index in [0.29, 0.717) is 11.8 Å². The SMILES string of the molecule is COc1ccc(C[C@@H](CCCN2CCOCC2)[C@@H](Cc2ccc(OC)cc2)CN2CCOCC2)cc1. The largest absolute Gasteiger partial charge is 0.497 e. The lowest BCUT2D eigenvalue weighted by molar-refractivity contribution is 0.0237. The number of nitrogens with zero attached hydrogens (tertiary/aromatic N) is 2. The van der Waals surface area contributed by atoms with Gasteiger partial charge in [0.2, 0.25) is 0 Å². The van der Waals surface area contributed by atoms with Crippen molar-refractivity contribution in [2.24, 2.45) is 11.8 Å². The monoisotopic (exact) mass is 496 g/mol. The number of ether oxygens (including phenoxy) is 4. The molecule has 2 fully saturated rings. The molecule has 0 unspecified atom stereocenters. The second-order valence-corrected chi connectivity index (χ2v) is 10.1. The molecule has 4 rings (SSSR count). The Morgan fingerprint density at radius 3 is 1.64 bits per heavy atom. The molecule has 0 amide bonds. The van der Waals surface area contributed by atoms with Crippen LogP contribution in [0.5, 0.6) is 11.5 Å². The summed E-state index contributed by atoms with van der Waals surface area (Å²) in [6.07, 6.45) is 4.63. The van der Waals surface area contributed by atoms with Crippen LogP contribution in [0.2, 0.25) is 0 Å². The first-order chi connectivity index (χ1) is 17.7. The highest BCUT2D eigenvalue weighted by atomic mass is 16.5. The summed E-state index contributed by atoms with van der Waals surface area (Å²) >= 11 is 0. The third-order valence-corrected chi connectivity index (χ3v) is 7.73. The smallest absolute Gasteiger partial charge is 0.118 e. The molecule has 0 spiro atoms. The van der Waals surface area contributed by atoms with E-state index < -0.39 is 0 Å². The molecule has 0 radical (unpaired) electrons. The molecule has 0 saturated carbocycles. The summed E-state index contributed by atoms with van der Waals surface area (Å²) in [5, 5.41) is 0. The molecule has 2 aromatic carbocycles. The van der Waals surface area contributed by atoms with Crippen molar-refractivity contribution in [1.29, 1.82) is 0 Å². The minimum absolute atomic E-state index is 0.572. The fraction of sp³-hybridized carbons (Fsp3) is 0.600. The molecule has 0 aromatic heterocycles. The topological polar surface area (TPSA) is 43.4 Å². The summed E-state index contributed by atoms with van der Waals surface area (Å²) in [5.41, 5.74) is 2.79. The Balaban J connectivity index is 1.50. The molecule has 2 atom stereocenters.